The Morgan fingerprint density at radius 2 is 1.55 bits per heavy atom. The third-order valence-corrected chi connectivity index (χ3v) is 7.90. The Balaban J connectivity index is 1.44. The van der Waals surface area contributed by atoms with E-state index in [0.717, 1.165) is 29.6 Å². The maximum atomic E-state index is 14.1. The molecule has 7 nitrogen and oxygen atoms in total. The Morgan fingerprint density at radius 3 is 2.29 bits per heavy atom. The van der Waals surface area contributed by atoms with Crippen LogP contribution >= 0.6 is 0 Å². The summed E-state index contributed by atoms with van der Waals surface area (Å²) in [6.07, 6.45) is 0. The van der Waals surface area contributed by atoms with Crippen molar-refractivity contribution in [1.82, 2.24) is 19.2 Å². The van der Waals surface area contributed by atoms with Crippen molar-refractivity contribution >= 4 is 33.4 Å². The van der Waals surface area contributed by atoms with Crippen molar-refractivity contribution in [1.29, 1.82) is 0 Å². The van der Waals surface area contributed by atoms with Crippen LogP contribution in [0.4, 0.5) is 5.69 Å². The van der Waals surface area contributed by atoms with E-state index in [9.17, 15) is 9.59 Å². The number of amides is 1. The number of rotatable bonds is 3. The van der Waals surface area contributed by atoms with Gasteiger partial charge in [0, 0.05) is 55.2 Å². The first-order valence-electron chi connectivity index (χ1n) is 13.0. The van der Waals surface area contributed by atoms with Crippen LogP contribution in [0.5, 0.6) is 0 Å². The third kappa shape index (κ3) is 3.77. The van der Waals surface area contributed by atoms with Gasteiger partial charge in [-0.05, 0) is 56.2 Å². The summed E-state index contributed by atoms with van der Waals surface area (Å²) in [5.41, 5.74) is 6.96. The van der Waals surface area contributed by atoms with Gasteiger partial charge in [0.05, 0.1) is 5.69 Å². The lowest BCUT2D eigenvalue weighted by atomic mass is 10.1. The molecule has 0 unspecified atom stereocenters. The van der Waals surface area contributed by atoms with Gasteiger partial charge in [0.15, 0.2) is 5.69 Å². The maximum absolute atomic E-state index is 14.1. The van der Waals surface area contributed by atoms with Crippen molar-refractivity contribution in [3.63, 3.8) is 0 Å². The number of benzene rings is 3. The molecule has 7 heteroatoms. The van der Waals surface area contributed by atoms with E-state index in [1.165, 1.54) is 21.5 Å². The van der Waals surface area contributed by atoms with Gasteiger partial charge in [-0.1, -0.05) is 48.0 Å². The number of anilines is 1. The second kappa shape index (κ2) is 9.17. The topological polar surface area (TPSA) is 63.4 Å². The monoisotopic (exact) mass is 505 g/mol. The molecule has 0 radical (unpaired) electrons. The number of aryl methyl sites for hydroxylation is 3. The van der Waals surface area contributed by atoms with Crippen molar-refractivity contribution in [3.8, 4) is 5.69 Å². The van der Waals surface area contributed by atoms with Crippen molar-refractivity contribution in [2.45, 2.75) is 20.8 Å². The second-order valence-electron chi connectivity index (χ2n) is 10.2. The van der Waals surface area contributed by atoms with Crippen LogP contribution in [0.2, 0.25) is 0 Å². The van der Waals surface area contributed by atoms with Crippen LogP contribution in [0.25, 0.3) is 27.5 Å². The number of hydrogen-bond donors (Lipinski definition) is 0. The largest absolute Gasteiger partial charge is 0.368 e. The number of para-hydroxylation sites is 1. The molecule has 1 fully saturated rings. The minimum Gasteiger partial charge on any atom is -0.368 e. The van der Waals surface area contributed by atoms with E-state index in [1.807, 2.05) is 72.0 Å². The molecule has 38 heavy (non-hydrogen) atoms. The summed E-state index contributed by atoms with van der Waals surface area (Å²) < 4.78 is 3.26. The van der Waals surface area contributed by atoms with Crippen molar-refractivity contribution in [3.05, 3.63) is 99.5 Å². The predicted octanol–water partition coefficient (Wildman–Crippen LogP) is 4.77. The van der Waals surface area contributed by atoms with Crippen molar-refractivity contribution in [2.24, 2.45) is 7.05 Å². The molecule has 1 aliphatic heterocycles. The van der Waals surface area contributed by atoms with Gasteiger partial charge < -0.3 is 14.4 Å². The molecule has 0 spiro atoms. The van der Waals surface area contributed by atoms with Crippen LogP contribution in [-0.4, -0.2) is 51.3 Å². The van der Waals surface area contributed by atoms with Gasteiger partial charge in [-0.25, -0.2) is 0 Å². The molecule has 1 aliphatic rings. The Kier molecular flexibility index (Phi) is 5.79. The first-order valence-corrected chi connectivity index (χ1v) is 13.0. The molecule has 3 aromatic carbocycles. The first kappa shape index (κ1) is 24.0. The standard InChI is InChI=1S/C31H31N5O2/c1-20-12-14-23(15-13-20)36-31(38)29-27(24-9-5-6-10-26(24)33(29)4)28(32-36)30(37)35-18-16-34(17-19-35)25-11-7-8-21(2)22(25)3/h5-15H,16-19H2,1-4H3. The molecule has 5 aromatic rings. The Bertz CT molecular complexity index is 1760. The fourth-order valence-corrected chi connectivity index (χ4v) is 5.57. The smallest absolute Gasteiger partial charge is 0.296 e. The molecule has 0 bridgehead atoms. The molecule has 3 heterocycles. The molecule has 0 aliphatic carbocycles. The normalized spacial score (nSPS) is 14.0. The summed E-state index contributed by atoms with van der Waals surface area (Å²) >= 11 is 0. The highest BCUT2D eigenvalue weighted by Crippen LogP contribution is 2.30. The summed E-state index contributed by atoms with van der Waals surface area (Å²) in [7, 11) is 1.88. The quantitative estimate of drug-likeness (QED) is 0.355. The zero-order chi connectivity index (χ0) is 26.6. The number of hydrogen-bond acceptors (Lipinski definition) is 4. The molecule has 0 saturated carbocycles. The van der Waals surface area contributed by atoms with Gasteiger partial charge in [0.1, 0.15) is 5.52 Å². The van der Waals surface area contributed by atoms with Gasteiger partial charge in [-0.3, -0.25) is 9.59 Å². The third-order valence-electron chi connectivity index (χ3n) is 7.90. The summed E-state index contributed by atoms with van der Waals surface area (Å²) in [5.74, 6) is -0.146. The number of carbonyl (C=O) groups is 1. The summed E-state index contributed by atoms with van der Waals surface area (Å²) in [6.45, 7) is 8.94. The van der Waals surface area contributed by atoms with Crippen LogP contribution in [0, 0.1) is 20.8 Å². The van der Waals surface area contributed by atoms with Gasteiger partial charge in [0.25, 0.3) is 11.5 Å². The summed E-state index contributed by atoms with van der Waals surface area (Å²) in [4.78, 5) is 32.1. The van der Waals surface area contributed by atoms with Gasteiger partial charge in [-0.15, -0.1) is 0 Å². The van der Waals surface area contributed by atoms with Gasteiger partial charge in [0.2, 0.25) is 0 Å². The average molecular weight is 506 g/mol. The van der Waals surface area contributed by atoms with E-state index in [1.54, 1.807) is 0 Å². The highest BCUT2D eigenvalue weighted by atomic mass is 16.2. The SMILES string of the molecule is Cc1ccc(-n2nc(C(=O)N3CCN(c4cccc(C)c4C)CC3)c3c4ccccc4n(C)c3c2=O)cc1. The Hall–Kier alpha value is -4.39. The lowest BCUT2D eigenvalue weighted by Crippen LogP contribution is -2.49. The van der Waals surface area contributed by atoms with Crippen molar-refractivity contribution < 1.29 is 4.79 Å². The van der Waals surface area contributed by atoms with E-state index in [2.05, 4.69) is 36.9 Å². The number of fused-ring (bicyclic) bond motifs is 3. The van der Waals surface area contributed by atoms with Crippen molar-refractivity contribution in [2.75, 3.05) is 31.1 Å². The number of piperazine rings is 1. The fourth-order valence-electron chi connectivity index (χ4n) is 5.57. The average Bonchev–Trinajstić information content (AvgIpc) is 3.24. The van der Waals surface area contributed by atoms with Gasteiger partial charge in [-0.2, -0.15) is 9.78 Å². The highest BCUT2D eigenvalue weighted by molar-refractivity contribution is 6.16. The van der Waals surface area contributed by atoms with Crippen LogP contribution < -0.4 is 10.5 Å². The maximum Gasteiger partial charge on any atom is 0.296 e. The minimum atomic E-state index is -0.237. The second-order valence-corrected chi connectivity index (χ2v) is 10.2. The first-order chi connectivity index (χ1) is 18.3. The molecule has 0 atom stereocenters. The predicted molar refractivity (Wildman–Crippen MR) is 153 cm³/mol. The fraction of sp³-hybridized carbons (Fsp3) is 0.258. The van der Waals surface area contributed by atoms with E-state index >= 15 is 0 Å². The Morgan fingerprint density at radius 1 is 0.842 bits per heavy atom. The van der Waals surface area contributed by atoms with Crippen LogP contribution in [0.3, 0.4) is 0 Å². The van der Waals surface area contributed by atoms with E-state index < -0.39 is 0 Å². The highest BCUT2D eigenvalue weighted by Gasteiger charge is 2.29. The molecular weight excluding hydrogens is 474 g/mol. The number of carbonyl (C=O) groups excluding carboxylic acids is 1. The van der Waals surface area contributed by atoms with E-state index in [4.69, 9.17) is 5.10 Å². The number of nitrogens with zero attached hydrogens (tertiary/aromatic N) is 5. The molecule has 0 N–H and O–H groups in total. The number of aromatic nitrogens is 3. The van der Waals surface area contributed by atoms with Crippen LogP contribution in [0.15, 0.2) is 71.5 Å². The van der Waals surface area contributed by atoms with E-state index in [0.29, 0.717) is 35.4 Å². The molecule has 6 rings (SSSR count). The lowest BCUT2D eigenvalue weighted by molar-refractivity contribution is 0.0741. The molecule has 1 amide bonds. The van der Waals surface area contributed by atoms with E-state index in [-0.39, 0.29) is 11.5 Å². The van der Waals surface area contributed by atoms with Crippen LogP contribution in [-0.2, 0) is 7.05 Å². The summed E-state index contributed by atoms with van der Waals surface area (Å²) in [5, 5.41) is 6.22. The zero-order valence-electron chi connectivity index (χ0n) is 22.2. The molecule has 1 saturated heterocycles. The lowest BCUT2D eigenvalue weighted by Gasteiger charge is -2.37. The Labute approximate surface area is 221 Å². The van der Waals surface area contributed by atoms with Crippen LogP contribution in [0.1, 0.15) is 27.2 Å². The molecule has 192 valence electrons. The summed E-state index contributed by atoms with van der Waals surface area (Å²) in [6, 6.07) is 21.8. The van der Waals surface area contributed by atoms with Gasteiger partial charge >= 0.3 is 0 Å². The molecule has 2 aromatic heterocycles. The molecular formula is C31H31N5O2. The zero-order valence-corrected chi connectivity index (χ0v) is 22.2. The minimum absolute atomic E-state index is 0.146.